The van der Waals surface area contributed by atoms with Gasteiger partial charge in [-0.1, -0.05) is 55.4 Å². The minimum Gasteiger partial charge on any atom is -0.295 e. The van der Waals surface area contributed by atoms with Gasteiger partial charge in [-0.05, 0) is 77.0 Å². The third-order valence-corrected chi connectivity index (χ3v) is 7.32. The topological polar surface area (TPSA) is 6.48 Å². The van der Waals surface area contributed by atoms with Crippen molar-refractivity contribution in [2.45, 2.75) is 145 Å². The molecule has 2 aliphatic rings. The molecule has 2 heterocycles. The minimum atomic E-state index is 0.706. The van der Waals surface area contributed by atoms with E-state index in [9.17, 15) is 0 Å². The maximum atomic E-state index is 2.76. The zero-order valence-electron chi connectivity index (χ0n) is 21.5. The maximum absolute atomic E-state index is 2.76. The van der Waals surface area contributed by atoms with Crippen molar-refractivity contribution in [3.8, 4) is 0 Å². The zero-order chi connectivity index (χ0) is 21.8. The van der Waals surface area contributed by atoms with Crippen molar-refractivity contribution >= 4 is 0 Å². The Labute approximate surface area is 178 Å². The maximum Gasteiger partial charge on any atom is 0.0125 e. The molecule has 0 bridgehead atoms. The summed E-state index contributed by atoms with van der Waals surface area (Å²) in [4.78, 5) is 5.52. The summed E-state index contributed by atoms with van der Waals surface area (Å²) in [5.74, 6) is 3.23. The third-order valence-electron chi connectivity index (χ3n) is 7.32. The van der Waals surface area contributed by atoms with Gasteiger partial charge < -0.3 is 0 Å². The highest BCUT2D eigenvalue weighted by Gasteiger charge is 2.38. The van der Waals surface area contributed by atoms with Crippen molar-refractivity contribution in [3.05, 3.63) is 0 Å². The minimum absolute atomic E-state index is 0.706. The lowest BCUT2D eigenvalue weighted by molar-refractivity contribution is 0.0959. The monoisotopic (exact) mass is 394 g/mol. The highest BCUT2D eigenvalue weighted by Crippen LogP contribution is 2.35. The van der Waals surface area contributed by atoms with Gasteiger partial charge in [-0.15, -0.1) is 0 Å². The summed E-state index contributed by atoms with van der Waals surface area (Å²) in [6.07, 6.45) is 5.61. The molecule has 2 nitrogen and oxygen atoms in total. The molecule has 0 spiro atoms. The summed E-state index contributed by atoms with van der Waals surface area (Å²) in [5.41, 5.74) is 0. The zero-order valence-corrected chi connectivity index (χ0v) is 21.5. The summed E-state index contributed by atoms with van der Waals surface area (Å²) in [7, 11) is 0. The highest BCUT2D eigenvalue weighted by atomic mass is 15.2. The van der Waals surface area contributed by atoms with E-state index in [1.165, 1.54) is 25.7 Å². The van der Waals surface area contributed by atoms with Gasteiger partial charge in [0.2, 0.25) is 0 Å². The third kappa shape index (κ3) is 6.46. The van der Waals surface area contributed by atoms with E-state index >= 15 is 0 Å². The van der Waals surface area contributed by atoms with Crippen LogP contribution in [0.4, 0.5) is 0 Å². The lowest BCUT2D eigenvalue weighted by Crippen LogP contribution is -2.45. The molecular weight excluding hydrogens is 340 g/mol. The summed E-state index contributed by atoms with van der Waals surface area (Å²) in [5, 5.41) is 0. The SMILES string of the molecule is CC(C)[C@@H]1CC[C@@H](C(C)C)N1C(C)C.CC(C)[C@H]1CC[C@@H](C(C)C)N1C(C)C. The van der Waals surface area contributed by atoms with Crippen LogP contribution in [0.3, 0.4) is 0 Å². The summed E-state index contributed by atoms with van der Waals surface area (Å²) in [6, 6.07) is 4.70. The summed E-state index contributed by atoms with van der Waals surface area (Å²) >= 11 is 0. The molecule has 0 aromatic heterocycles. The van der Waals surface area contributed by atoms with Gasteiger partial charge in [-0.25, -0.2) is 0 Å². The Hall–Kier alpha value is -0.0800. The Balaban J connectivity index is 0.000000280. The van der Waals surface area contributed by atoms with E-state index < -0.39 is 0 Å². The van der Waals surface area contributed by atoms with Crippen LogP contribution in [0, 0.1) is 23.7 Å². The first-order valence-electron chi connectivity index (χ1n) is 12.4. The highest BCUT2D eigenvalue weighted by molar-refractivity contribution is 4.93. The van der Waals surface area contributed by atoms with Crippen LogP contribution in [0.15, 0.2) is 0 Å². The first kappa shape index (κ1) is 26.0. The Bertz CT molecular complexity index is 352. The Morgan fingerprint density at radius 3 is 0.679 bits per heavy atom. The standard InChI is InChI=1S/2C13H27N/c2*1-9(2)12-7-8-13(10(3)4)14(12)11(5)6/h2*9-13H,7-8H2,1-6H3/t12-,13+;12-,13-/m.0/s1. The molecular formula is C26H54N2. The normalized spacial score (nSPS) is 29.8. The fraction of sp³-hybridized carbons (Fsp3) is 1.00. The second kappa shape index (κ2) is 11.3. The summed E-state index contributed by atoms with van der Waals surface area (Å²) in [6.45, 7) is 28.3. The number of rotatable bonds is 6. The van der Waals surface area contributed by atoms with E-state index in [2.05, 4.69) is 92.9 Å². The van der Waals surface area contributed by atoms with Crippen LogP contribution >= 0.6 is 0 Å². The first-order valence-corrected chi connectivity index (χ1v) is 12.4. The van der Waals surface area contributed by atoms with Gasteiger partial charge in [0.1, 0.15) is 0 Å². The van der Waals surface area contributed by atoms with Crippen molar-refractivity contribution in [2.75, 3.05) is 0 Å². The van der Waals surface area contributed by atoms with Gasteiger partial charge in [0.05, 0.1) is 0 Å². The van der Waals surface area contributed by atoms with E-state index in [0.717, 1.165) is 47.8 Å². The van der Waals surface area contributed by atoms with Crippen molar-refractivity contribution < 1.29 is 0 Å². The smallest absolute Gasteiger partial charge is 0.0125 e. The molecule has 2 heteroatoms. The van der Waals surface area contributed by atoms with E-state index in [1.54, 1.807) is 0 Å². The fourth-order valence-corrected chi connectivity index (χ4v) is 6.01. The van der Waals surface area contributed by atoms with Gasteiger partial charge in [0.25, 0.3) is 0 Å². The van der Waals surface area contributed by atoms with E-state index in [1.807, 2.05) is 0 Å². The van der Waals surface area contributed by atoms with Crippen LogP contribution in [-0.4, -0.2) is 46.1 Å². The lowest BCUT2D eigenvalue weighted by atomic mass is 10.0. The predicted octanol–water partition coefficient (Wildman–Crippen LogP) is 7.08. The summed E-state index contributed by atoms with van der Waals surface area (Å²) < 4.78 is 0. The van der Waals surface area contributed by atoms with Crippen LogP contribution in [0.5, 0.6) is 0 Å². The van der Waals surface area contributed by atoms with Crippen molar-refractivity contribution in [1.82, 2.24) is 9.80 Å². The molecule has 2 saturated heterocycles. The van der Waals surface area contributed by atoms with Crippen molar-refractivity contribution in [1.29, 1.82) is 0 Å². The largest absolute Gasteiger partial charge is 0.295 e. The average molecular weight is 395 g/mol. The second-order valence-corrected chi connectivity index (χ2v) is 11.5. The molecule has 168 valence electrons. The lowest BCUT2D eigenvalue weighted by Gasteiger charge is -2.37. The molecule has 0 radical (unpaired) electrons. The molecule has 0 aromatic rings. The molecule has 0 unspecified atom stereocenters. The molecule has 2 rings (SSSR count). The van der Waals surface area contributed by atoms with Gasteiger partial charge in [-0.3, -0.25) is 9.80 Å². The van der Waals surface area contributed by atoms with Crippen LogP contribution in [0.2, 0.25) is 0 Å². The Kier molecular flexibility index (Phi) is 10.5. The molecule has 0 aliphatic carbocycles. The molecule has 0 saturated carbocycles. The quantitative estimate of drug-likeness (QED) is 0.475. The fourth-order valence-electron chi connectivity index (χ4n) is 6.01. The molecule has 28 heavy (non-hydrogen) atoms. The van der Waals surface area contributed by atoms with Crippen LogP contribution in [-0.2, 0) is 0 Å². The Morgan fingerprint density at radius 1 is 0.393 bits per heavy atom. The number of likely N-dealkylation sites (tertiary alicyclic amines) is 2. The number of hydrogen-bond acceptors (Lipinski definition) is 2. The van der Waals surface area contributed by atoms with Gasteiger partial charge in [0.15, 0.2) is 0 Å². The average Bonchev–Trinajstić information content (AvgIpc) is 3.20. The van der Waals surface area contributed by atoms with E-state index in [-0.39, 0.29) is 0 Å². The molecule has 0 N–H and O–H groups in total. The van der Waals surface area contributed by atoms with E-state index in [4.69, 9.17) is 0 Å². The van der Waals surface area contributed by atoms with Crippen LogP contribution < -0.4 is 0 Å². The van der Waals surface area contributed by atoms with Crippen molar-refractivity contribution in [3.63, 3.8) is 0 Å². The second-order valence-electron chi connectivity index (χ2n) is 11.5. The van der Waals surface area contributed by atoms with Crippen molar-refractivity contribution in [2.24, 2.45) is 23.7 Å². The predicted molar refractivity (Wildman–Crippen MR) is 127 cm³/mol. The van der Waals surface area contributed by atoms with Gasteiger partial charge in [0, 0.05) is 36.3 Å². The van der Waals surface area contributed by atoms with Crippen LogP contribution in [0.25, 0.3) is 0 Å². The molecule has 2 fully saturated rings. The van der Waals surface area contributed by atoms with Gasteiger partial charge >= 0.3 is 0 Å². The molecule has 2 aliphatic heterocycles. The molecule has 0 aromatic carbocycles. The van der Waals surface area contributed by atoms with Gasteiger partial charge in [-0.2, -0.15) is 0 Å². The number of hydrogen-bond donors (Lipinski definition) is 0. The molecule has 4 atom stereocenters. The van der Waals surface area contributed by atoms with Crippen LogP contribution in [0.1, 0.15) is 109 Å². The number of nitrogens with zero attached hydrogens (tertiary/aromatic N) is 2. The molecule has 0 amide bonds. The first-order chi connectivity index (χ1) is 12.9. The van der Waals surface area contributed by atoms with E-state index in [0.29, 0.717) is 12.1 Å². The Morgan fingerprint density at radius 2 is 0.571 bits per heavy atom.